The second-order valence-corrected chi connectivity index (χ2v) is 14.0. The third kappa shape index (κ3) is 9.20. The van der Waals surface area contributed by atoms with E-state index in [0.717, 1.165) is 24.3 Å². The number of phenols is 2. The number of rotatable bonds is 16. The molecule has 2 aliphatic rings. The number of aromatic hydroxyl groups is 2. The predicted octanol–water partition coefficient (Wildman–Crippen LogP) is -0.0904. The summed E-state index contributed by atoms with van der Waals surface area (Å²) in [7, 11) is 0. The first-order chi connectivity index (χ1) is 28.0. The second-order valence-electron chi connectivity index (χ2n) is 14.0. The van der Waals surface area contributed by atoms with Gasteiger partial charge in [-0.2, -0.15) is 0 Å². The standard InChI is InChI=1S/C41H48O18/c1-5-56-38(52)28-23(18-9-13-20(43)14-10-18)29(39(53)57-6-2)34(48)26(33(28)47)25(37(51)32(46)22(45)17-42)27-35(49)30(40(54)58-7-3)24(19-11-15-21(44)16-12-19)31(36(27)50)41(55)59-8-4/h9-16,22-32,37,42-46,51H,5-8,17H2,1-4H3/t22-,23?,24?,25?,26?,27?,28-,29+,30+,31+,32-,37+/m1/s1. The number of carbonyl (C=O) groups excluding carboxylic acids is 8. The maximum Gasteiger partial charge on any atom is 0.317 e. The van der Waals surface area contributed by atoms with Crippen LogP contribution in [0.15, 0.2) is 48.5 Å². The smallest absolute Gasteiger partial charge is 0.317 e. The number of aliphatic hydroxyl groups excluding tert-OH is 4. The number of hydrogen-bond donors (Lipinski definition) is 6. The van der Waals surface area contributed by atoms with Gasteiger partial charge in [-0.25, -0.2) is 0 Å². The molecule has 0 bridgehead atoms. The fraction of sp³-hybridized carbons (Fsp3) is 0.512. The van der Waals surface area contributed by atoms with Crippen molar-refractivity contribution in [1.82, 2.24) is 0 Å². The fourth-order valence-corrected chi connectivity index (χ4v) is 8.20. The number of ether oxygens (including phenoxy) is 4. The Labute approximate surface area is 338 Å². The van der Waals surface area contributed by atoms with Crippen LogP contribution in [0.4, 0.5) is 0 Å². The molecule has 2 fully saturated rings. The molecule has 0 spiro atoms. The molecule has 4 rings (SSSR count). The number of hydrogen-bond acceptors (Lipinski definition) is 18. The zero-order chi connectivity index (χ0) is 43.9. The quantitative estimate of drug-likeness (QED) is 0.0732. The van der Waals surface area contributed by atoms with Crippen LogP contribution in [0.2, 0.25) is 0 Å². The Balaban J connectivity index is 2.10. The van der Waals surface area contributed by atoms with Gasteiger partial charge in [-0.3, -0.25) is 38.4 Å². The Hall–Kier alpha value is -5.56. The monoisotopic (exact) mass is 828 g/mol. The van der Waals surface area contributed by atoms with Gasteiger partial charge in [0.2, 0.25) is 0 Å². The largest absolute Gasteiger partial charge is 0.508 e. The number of benzene rings is 2. The van der Waals surface area contributed by atoms with Crippen molar-refractivity contribution >= 4 is 47.0 Å². The molecule has 0 heterocycles. The van der Waals surface area contributed by atoms with Crippen molar-refractivity contribution in [3.63, 3.8) is 0 Å². The summed E-state index contributed by atoms with van der Waals surface area (Å²) in [5.41, 5.74) is -0.0311. The number of aliphatic hydroxyl groups is 4. The number of ketones is 4. The molecule has 6 N–H and O–H groups in total. The lowest BCUT2D eigenvalue weighted by molar-refractivity contribution is -0.174. The van der Waals surface area contributed by atoms with Crippen molar-refractivity contribution in [2.75, 3.05) is 33.0 Å². The average molecular weight is 829 g/mol. The van der Waals surface area contributed by atoms with Crippen molar-refractivity contribution in [2.24, 2.45) is 41.4 Å². The molecule has 2 aromatic rings. The van der Waals surface area contributed by atoms with E-state index in [4.69, 9.17) is 18.9 Å². The summed E-state index contributed by atoms with van der Waals surface area (Å²) < 4.78 is 20.9. The van der Waals surface area contributed by atoms with Crippen molar-refractivity contribution in [1.29, 1.82) is 0 Å². The van der Waals surface area contributed by atoms with Gasteiger partial charge in [0, 0.05) is 17.8 Å². The molecule has 2 aromatic carbocycles. The fourth-order valence-electron chi connectivity index (χ4n) is 8.20. The third-order valence-electron chi connectivity index (χ3n) is 10.7. The second kappa shape index (κ2) is 19.9. The van der Waals surface area contributed by atoms with Gasteiger partial charge >= 0.3 is 23.9 Å². The van der Waals surface area contributed by atoms with Crippen LogP contribution in [0, 0.1) is 41.4 Å². The Morgan fingerprint density at radius 1 is 0.508 bits per heavy atom. The van der Waals surface area contributed by atoms with Crippen molar-refractivity contribution in [3.05, 3.63) is 59.7 Å². The third-order valence-corrected chi connectivity index (χ3v) is 10.7. The lowest BCUT2D eigenvalue weighted by Gasteiger charge is -2.46. The van der Waals surface area contributed by atoms with Crippen LogP contribution >= 0.6 is 0 Å². The van der Waals surface area contributed by atoms with E-state index in [1.807, 2.05) is 0 Å². The highest BCUT2D eigenvalue weighted by molar-refractivity contribution is 6.22. The molecule has 0 amide bonds. The normalized spacial score (nSPS) is 26.6. The van der Waals surface area contributed by atoms with Crippen LogP contribution in [0.1, 0.15) is 50.7 Å². The van der Waals surface area contributed by atoms with E-state index < -0.39 is 125 Å². The Morgan fingerprint density at radius 2 is 0.780 bits per heavy atom. The molecule has 320 valence electrons. The van der Waals surface area contributed by atoms with E-state index in [1.54, 1.807) is 0 Å². The Morgan fingerprint density at radius 3 is 1.02 bits per heavy atom. The lowest BCUT2D eigenvalue weighted by atomic mass is 9.54. The molecule has 0 aromatic heterocycles. The summed E-state index contributed by atoms with van der Waals surface area (Å²) in [6.45, 7) is 2.98. The van der Waals surface area contributed by atoms with Gasteiger partial charge in [0.05, 0.1) is 51.0 Å². The molecule has 18 nitrogen and oxygen atoms in total. The average Bonchev–Trinajstić information content (AvgIpc) is 3.19. The van der Waals surface area contributed by atoms with E-state index in [0.29, 0.717) is 0 Å². The van der Waals surface area contributed by atoms with Crippen LogP contribution in [-0.4, -0.2) is 129 Å². The van der Waals surface area contributed by atoms with Gasteiger partial charge in [0.25, 0.3) is 0 Å². The van der Waals surface area contributed by atoms with Gasteiger partial charge in [0.1, 0.15) is 47.4 Å². The number of Topliss-reactive ketones (excluding diaryl/α,β-unsaturated/α-hetero) is 4. The van der Waals surface area contributed by atoms with E-state index >= 15 is 0 Å². The SMILES string of the molecule is CCOC(=O)[C@@H]1C(=O)C(C(C2C(=O)[C@@H](C(=O)OCC)C(c3ccc(O)cc3)[C@@H](C(=O)OCC)C2=O)[C@H](O)[C@H](O)[C@H](O)CO)C(=O)[C@@H](C(=O)OCC)C1c1ccc(O)cc1. The maximum absolute atomic E-state index is 15.0. The van der Waals surface area contributed by atoms with Crippen molar-refractivity contribution in [3.8, 4) is 11.5 Å². The molecule has 0 radical (unpaired) electrons. The molecule has 3 unspecified atom stereocenters. The highest BCUT2D eigenvalue weighted by atomic mass is 16.5. The van der Waals surface area contributed by atoms with Crippen molar-refractivity contribution < 1.29 is 87.9 Å². The Kier molecular flexibility index (Phi) is 15.6. The summed E-state index contributed by atoms with van der Waals surface area (Å²) in [6.07, 6.45) is -7.53. The van der Waals surface area contributed by atoms with E-state index in [2.05, 4.69) is 0 Å². The van der Waals surface area contributed by atoms with Gasteiger partial charge in [0.15, 0.2) is 23.1 Å². The molecule has 18 heteroatoms. The Bertz CT molecular complexity index is 1690. The molecular formula is C41H48O18. The maximum atomic E-state index is 15.0. The number of esters is 4. The number of carbonyl (C=O) groups is 8. The first-order valence-electron chi connectivity index (χ1n) is 19.1. The van der Waals surface area contributed by atoms with E-state index in [-0.39, 0.29) is 49.1 Å². The molecule has 59 heavy (non-hydrogen) atoms. The number of phenolic OH excluding ortho intramolecular Hbond substituents is 2. The van der Waals surface area contributed by atoms with Gasteiger partial charge in [-0.15, -0.1) is 0 Å². The van der Waals surface area contributed by atoms with E-state index in [1.165, 1.54) is 52.0 Å². The minimum Gasteiger partial charge on any atom is -0.508 e. The van der Waals surface area contributed by atoms with Crippen LogP contribution in [0.5, 0.6) is 11.5 Å². The molecule has 2 aliphatic carbocycles. The van der Waals surface area contributed by atoms with Gasteiger partial charge < -0.3 is 49.6 Å². The first-order valence-corrected chi connectivity index (χ1v) is 19.1. The minimum absolute atomic E-state index is 0.0156. The summed E-state index contributed by atoms with van der Waals surface area (Å²) in [6, 6.07) is 9.47. The van der Waals surface area contributed by atoms with Crippen molar-refractivity contribution in [2.45, 2.75) is 57.8 Å². The topological polar surface area (TPSA) is 295 Å². The minimum atomic E-state index is -2.72. The molecule has 0 aliphatic heterocycles. The van der Waals surface area contributed by atoms with Crippen LogP contribution < -0.4 is 0 Å². The summed E-state index contributed by atoms with van der Waals surface area (Å²) in [5, 5.41) is 63.4. The first kappa shape index (κ1) is 46.1. The lowest BCUT2D eigenvalue weighted by Crippen LogP contribution is -2.63. The zero-order valence-corrected chi connectivity index (χ0v) is 32.7. The highest BCUT2D eigenvalue weighted by Gasteiger charge is 2.66. The van der Waals surface area contributed by atoms with E-state index in [9.17, 15) is 69.0 Å². The van der Waals surface area contributed by atoms with Crippen LogP contribution in [0.25, 0.3) is 0 Å². The highest BCUT2D eigenvalue weighted by Crippen LogP contribution is 2.51. The molecule has 10 atom stereocenters. The molecule has 2 saturated carbocycles. The van der Waals surface area contributed by atoms with Gasteiger partial charge in [-0.05, 0) is 63.1 Å². The molecular weight excluding hydrogens is 780 g/mol. The summed E-state index contributed by atoms with van der Waals surface area (Å²) in [4.78, 5) is 115. The predicted molar refractivity (Wildman–Crippen MR) is 198 cm³/mol. The molecule has 0 saturated heterocycles. The van der Waals surface area contributed by atoms with Crippen LogP contribution in [0.3, 0.4) is 0 Å². The van der Waals surface area contributed by atoms with Gasteiger partial charge in [-0.1, -0.05) is 24.3 Å². The zero-order valence-electron chi connectivity index (χ0n) is 32.7. The summed E-state index contributed by atoms with van der Waals surface area (Å²) in [5.74, 6) is -31.1. The van der Waals surface area contributed by atoms with Crippen LogP contribution in [-0.2, 0) is 57.3 Å². The summed E-state index contributed by atoms with van der Waals surface area (Å²) >= 11 is 0.